The number of nitrogens with zero attached hydrogens (tertiary/aromatic N) is 2. The Labute approximate surface area is 133 Å². The number of hydrogen-bond acceptors (Lipinski definition) is 4. The number of aromatic nitrogens is 2. The predicted molar refractivity (Wildman–Crippen MR) is 92.3 cm³/mol. The van der Waals surface area contributed by atoms with Gasteiger partial charge in [-0.2, -0.15) is 0 Å². The Kier molecular flexibility index (Phi) is 4.27. The Balaban J connectivity index is 1.86. The van der Waals surface area contributed by atoms with E-state index in [9.17, 15) is 0 Å². The maximum absolute atomic E-state index is 4.47. The summed E-state index contributed by atoms with van der Waals surface area (Å²) in [7, 11) is 0. The summed E-state index contributed by atoms with van der Waals surface area (Å²) in [5, 5.41) is 2.30. The minimum Gasteiger partial charge on any atom is -0.229 e. The number of fused-ring (bicyclic) bond motifs is 1. The average molecular weight is 314 g/mol. The second-order valence-corrected chi connectivity index (χ2v) is 7.33. The lowest BCUT2D eigenvalue weighted by molar-refractivity contribution is 1.10. The molecule has 0 aliphatic rings. The van der Waals surface area contributed by atoms with Crippen molar-refractivity contribution >= 4 is 33.3 Å². The van der Waals surface area contributed by atoms with Crippen molar-refractivity contribution < 1.29 is 0 Å². The van der Waals surface area contributed by atoms with E-state index in [1.165, 1.54) is 27.0 Å². The molecular formula is C17H18N2S2. The molecule has 0 spiro atoms. The quantitative estimate of drug-likeness (QED) is 0.491. The van der Waals surface area contributed by atoms with E-state index >= 15 is 0 Å². The Morgan fingerprint density at radius 1 is 1.05 bits per heavy atom. The Hall–Kier alpha value is -1.39. The monoisotopic (exact) mass is 314 g/mol. The first kappa shape index (κ1) is 14.5. The van der Waals surface area contributed by atoms with E-state index in [0.717, 1.165) is 22.0 Å². The van der Waals surface area contributed by atoms with Gasteiger partial charge in [-0.05, 0) is 31.9 Å². The van der Waals surface area contributed by atoms with Crippen molar-refractivity contribution in [3.8, 4) is 0 Å². The number of aryl methyl sites for hydroxylation is 3. The highest BCUT2D eigenvalue weighted by molar-refractivity contribution is 7.98. The van der Waals surface area contributed by atoms with Gasteiger partial charge in [0.05, 0.1) is 0 Å². The molecule has 0 radical (unpaired) electrons. The van der Waals surface area contributed by atoms with E-state index in [1.807, 2.05) is 0 Å². The van der Waals surface area contributed by atoms with Crippen LogP contribution in [-0.4, -0.2) is 9.97 Å². The molecule has 0 atom stereocenters. The summed E-state index contributed by atoms with van der Waals surface area (Å²) in [5.74, 6) is 0.950. The summed E-state index contributed by atoms with van der Waals surface area (Å²) in [6.07, 6.45) is 2.74. The minimum absolute atomic E-state index is 0.950. The van der Waals surface area contributed by atoms with Crippen LogP contribution < -0.4 is 0 Å². The summed E-state index contributed by atoms with van der Waals surface area (Å²) in [6.45, 7) is 6.48. The second kappa shape index (κ2) is 6.16. The summed E-state index contributed by atoms with van der Waals surface area (Å²) in [6, 6.07) is 8.96. The van der Waals surface area contributed by atoms with Gasteiger partial charge in [0.2, 0.25) is 0 Å². The van der Waals surface area contributed by atoms with E-state index in [2.05, 4.69) is 55.0 Å². The number of hydrogen-bond donors (Lipinski definition) is 0. The van der Waals surface area contributed by atoms with Gasteiger partial charge < -0.3 is 0 Å². The summed E-state index contributed by atoms with van der Waals surface area (Å²) in [5.41, 5.74) is 4.00. The topological polar surface area (TPSA) is 25.8 Å². The largest absolute Gasteiger partial charge is 0.229 e. The summed E-state index contributed by atoms with van der Waals surface area (Å²) < 4.78 is 0. The maximum atomic E-state index is 4.47. The molecule has 1 aromatic carbocycles. The standard InChI is InChI=1S/C17H18N2S2/c1-4-14-8-15-16(18-10-19-17(15)21-14)20-9-13-6-11(2)5-12(3)7-13/h5-8,10H,4,9H2,1-3H3. The Morgan fingerprint density at radius 2 is 1.81 bits per heavy atom. The third kappa shape index (κ3) is 3.27. The van der Waals surface area contributed by atoms with Crippen LogP contribution in [0.25, 0.3) is 10.2 Å². The van der Waals surface area contributed by atoms with Crippen molar-refractivity contribution in [1.82, 2.24) is 9.97 Å². The molecule has 108 valence electrons. The van der Waals surface area contributed by atoms with Crippen LogP contribution in [0.4, 0.5) is 0 Å². The third-order valence-corrected chi connectivity index (χ3v) is 5.61. The van der Waals surface area contributed by atoms with Crippen molar-refractivity contribution in [2.24, 2.45) is 0 Å². The maximum Gasteiger partial charge on any atom is 0.128 e. The molecule has 0 aliphatic carbocycles. The van der Waals surface area contributed by atoms with Gasteiger partial charge in [-0.15, -0.1) is 23.1 Å². The van der Waals surface area contributed by atoms with Crippen LogP contribution in [0.5, 0.6) is 0 Å². The zero-order valence-corrected chi connectivity index (χ0v) is 14.1. The third-order valence-electron chi connectivity index (χ3n) is 3.35. The molecule has 0 N–H and O–H groups in total. The number of thioether (sulfide) groups is 1. The van der Waals surface area contributed by atoms with Gasteiger partial charge in [-0.1, -0.05) is 36.2 Å². The zero-order chi connectivity index (χ0) is 14.8. The fourth-order valence-corrected chi connectivity index (χ4v) is 4.38. The van der Waals surface area contributed by atoms with Gasteiger partial charge in [0, 0.05) is 16.0 Å². The van der Waals surface area contributed by atoms with Gasteiger partial charge in [0.1, 0.15) is 16.2 Å². The van der Waals surface area contributed by atoms with E-state index in [0.29, 0.717) is 0 Å². The highest BCUT2D eigenvalue weighted by atomic mass is 32.2. The van der Waals surface area contributed by atoms with Gasteiger partial charge in [-0.25, -0.2) is 9.97 Å². The van der Waals surface area contributed by atoms with Crippen molar-refractivity contribution in [2.45, 2.75) is 38.0 Å². The van der Waals surface area contributed by atoms with Crippen LogP contribution in [0.3, 0.4) is 0 Å². The molecule has 0 fully saturated rings. The van der Waals surface area contributed by atoms with Gasteiger partial charge in [0.25, 0.3) is 0 Å². The SMILES string of the molecule is CCc1cc2c(SCc3cc(C)cc(C)c3)ncnc2s1. The second-order valence-electron chi connectivity index (χ2n) is 5.25. The normalized spacial score (nSPS) is 11.2. The smallest absolute Gasteiger partial charge is 0.128 e. The lowest BCUT2D eigenvalue weighted by Gasteiger charge is -2.05. The van der Waals surface area contributed by atoms with Crippen LogP contribution in [0.1, 0.15) is 28.5 Å². The molecule has 0 saturated heterocycles. The molecule has 0 saturated carbocycles. The molecule has 2 nitrogen and oxygen atoms in total. The Morgan fingerprint density at radius 3 is 2.52 bits per heavy atom. The molecule has 21 heavy (non-hydrogen) atoms. The van der Waals surface area contributed by atoms with Crippen LogP contribution in [0.15, 0.2) is 35.6 Å². The van der Waals surface area contributed by atoms with Crippen molar-refractivity contribution in [3.05, 3.63) is 52.2 Å². The highest BCUT2D eigenvalue weighted by Gasteiger charge is 2.09. The molecular weight excluding hydrogens is 296 g/mol. The molecule has 0 aliphatic heterocycles. The van der Waals surface area contributed by atoms with Gasteiger partial charge >= 0.3 is 0 Å². The first-order valence-electron chi connectivity index (χ1n) is 7.09. The van der Waals surface area contributed by atoms with E-state index < -0.39 is 0 Å². The lowest BCUT2D eigenvalue weighted by atomic mass is 10.1. The molecule has 2 heterocycles. The van der Waals surface area contributed by atoms with Crippen LogP contribution >= 0.6 is 23.1 Å². The summed E-state index contributed by atoms with van der Waals surface area (Å²) >= 11 is 3.57. The lowest BCUT2D eigenvalue weighted by Crippen LogP contribution is -1.87. The van der Waals surface area contributed by atoms with Crippen LogP contribution in [0, 0.1) is 13.8 Å². The Bertz CT molecular complexity index is 757. The van der Waals surface area contributed by atoms with Crippen molar-refractivity contribution in [2.75, 3.05) is 0 Å². The van der Waals surface area contributed by atoms with Crippen LogP contribution in [0.2, 0.25) is 0 Å². The van der Waals surface area contributed by atoms with Crippen molar-refractivity contribution in [3.63, 3.8) is 0 Å². The van der Waals surface area contributed by atoms with E-state index in [-0.39, 0.29) is 0 Å². The highest BCUT2D eigenvalue weighted by Crippen LogP contribution is 2.32. The summed E-state index contributed by atoms with van der Waals surface area (Å²) in [4.78, 5) is 11.3. The fourth-order valence-electron chi connectivity index (χ4n) is 2.48. The number of rotatable bonds is 4. The predicted octanol–water partition coefficient (Wildman–Crippen LogP) is 5.16. The fraction of sp³-hybridized carbons (Fsp3) is 0.294. The molecule has 4 heteroatoms. The van der Waals surface area contributed by atoms with Crippen LogP contribution in [-0.2, 0) is 12.2 Å². The van der Waals surface area contributed by atoms with E-state index in [4.69, 9.17) is 0 Å². The molecule has 0 bridgehead atoms. The van der Waals surface area contributed by atoms with E-state index in [1.54, 1.807) is 29.4 Å². The first-order valence-corrected chi connectivity index (χ1v) is 8.89. The molecule has 0 unspecified atom stereocenters. The van der Waals surface area contributed by atoms with Gasteiger partial charge in [-0.3, -0.25) is 0 Å². The average Bonchev–Trinajstić information content (AvgIpc) is 2.87. The van der Waals surface area contributed by atoms with Gasteiger partial charge in [0.15, 0.2) is 0 Å². The minimum atomic E-state index is 0.950. The molecule has 2 aromatic heterocycles. The number of thiophene rings is 1. The van der Waals surface area contributed by atoms with Crippen molar-refractivity contribution in [1.29, 1.82) is 0 Å². The molecule has 3 rings (SSSR count). The zero-order valence-electron chi connectivity index (χ0n) is 12.5. The molecule has 3 aromatic rings. The number of benzene rings is 1. The molecule has 0 amide bonds. The first-order chi connectivity index (χ1) is 10.2.